The predicted molar refractivity (Wildman–Crippen MR) is 61.3 cm³/mol. The minimum absolute atomic E-state index is 0.406. The zero-order chi connectivity index (χ0) is 11.5. The van der Waals surface area contributed by atoms with Crippen molar-refractivity contribution >= 4 is 0 Å². The van der Waals surface area contributed by atoms with E-state index < -0.39 is 0 Å². The van der Waals surface area contributed by atoms with E-state index >= 15 is 0 Å². The lowest BCUT2D eigenvalue weighted by Crippen LogP contribution is -2.20. The number of nitrogens with one attached hydrogen (secondary N) is 1. The first-order valence-corrected chi connectivity index (χ1v) is 6.52. The Kier molecular flexibility index (Phi) is 3.33. The van der Waals surface area contributed by atoms with Gasteiger partial charge in [0.15, 0.2) is 5.82 Å². The number of hydrogen-bond acceptors (Lipinski definition) is 5. The molecule has 1 unspecified atom stereocenters. The molecule has 0 radical (unpaired) electrons. The molecule has 1 aliphatic heterocycles. The molecule has 6 nitrogen and oxygen atoms in total. The Hall–Kier alpha value is -1.01. The van der Waals surface area contributed by atoms with E-state index in [1.54, 1.807) is 0 Å². The summed E-state index contributed by atoms with van der Waals surface area (Å²) in [6, 6.07) is 0.693. The number of tetrazole rings is 1. The van der Waals surface area contributed by atoms with Gasteiger partial charge in [0, 0.05) is 19.2 Å². The third kappa shape index (κ3) is 3.01. The highest BCUT2D eigenvalue weighted by Gasteiger charge is 2.21. The molecule has 6 heteroatoms. The van der Waals surface area contributed by atoms with E-state index in [1.807, 2.05) is 4.68 Å². The maximum Gasteiger partial charge on any atom is 0.165 e. The van der Waals surface area contributed by atoms with Crippen LogP contribution in [0.3, 0.4) is 0 Å². The highest BCUT2D eigenvalue weighted by atomic mass is 16.5. The molecule has 0 amide bonds. The molecule has 1 aromatic heterocycles. The van der Waals surface area contributed by atoms with Crippen LogP contribution < -0.4 is 5.32 Å². The molecule has 17 heavy (non-hydrogen) atoms. The smallest absolute Gasteiger partial charge is 0.165 e. The van der Waals surface area contributed by atoms with E-state index in [2.05, 4.69) is 20.8 Å². The summed E-state index contributed by atoms with van der Waals surface area (Å²) in [6.45, 7) is 2.55. The average molecular weight is 237 g/mol. The van der Waals surface area contributed by atoms with Crippen molar-refractivity contribution in [1.29, 1.82) is 0 Å². The van der Waals surface area contributed by atoms with Crippen LogP contribution in [0, 0.1) is 0 Å². The van der Waals surface area contributed by atoms with E-state index in [0.717, 1.165) is 31.9 Å². The first kappa shape index (κ1) is 11.1. The van der Waals surface area contributed by atoms with Gasteiger partial charge in [0.25, 0.3) is 0 Å². The third-order valence-corrected chi connectivity index (χ3v) is 3.42. The standard InChI is InChI=1S/C11H19N5O/c1-2-10(17-7-1)5-6-16-11(13-14-15-16)8-12-9-3-4-9/h9-10,12H,1-8H2. The van der Waals surface area contributed by atoms with Crippen molar-refractivity contribution in [2.24, 2.45) is 0 Å². The van der Waals surface area contributed by atoms with Crippen LogP contribution in [0.5, 0.6) is 0 Å². The molecule has 3 rings (SSSR count). The lowest BCUT2D eigenvalue weighted by Gasteiger charge is -2.09. The van der Waals surface area contributed by atoms with Crippen LogP contribution in [0.15, 0.2) is 0 Å². The Bertz CT molecular complexity index is 356. The molecular formula is C11H19N5O. The zero-order valence-electron chi connectivity index (χ0n) is 10.0. The van der Waals surface area contributed by atoms with Crippen LogP contribution >= 0.6 is 0 Å². The Morgan fingerprint density at radius 1 is 1.35 bits per heavy atom. The molecule has 1 atom stereocenters. The molecule has 1 aromatic rings. The summed E-state index contributed by atoms with van der Waals surface area (Å²) in [5.41, 5.74) is 0. The molecule has 2 fully saturated rings. The van der Waals surface area contributed by atoms with Gasteiger partial charge in [-0.3, -0.25) is 0 Å². The van der Waals surface area contributed by atoms with Crippen molar-refractivity contribution in [3.05, 3.63) is 5.82 Å². The van der Waals surface area contributed by atoms with Crippen LogP contribution in [0.1, 0.15) is 37.9 Å². The minimum atomic E-state index is 0.406. The van der Waals surface area contributed by atoms with E-state index in [1.165, 1.54) is 25.7 Å². The maximum atomic E-state index is 5.60. The quantitative estimate of drug-likeness (QED) is 0.780. The van der Waals surface area contributed by atoms with Gasteiger partial charge in [-0.25, -0.2) is 4.68 Å². The molecule has 2 heterocycles. The van der Waals surface area contributed by atoms with Gasteiger partial charge in [0.2, 0.25) is 0 Å². The molecule has 1 saturated heterocycles. The number of ether oxygens (including phenoxy) is 1. The topological polar surface area (TPSA) is 64.9 Å². The normalized spacial score (nSPS) is 24.4. The summed E-state index contributed by atoms with van der Waals surface area (Å²) in [7, 11) is 0. The molecule has 1 aliphatic carbocycles. The highest BCUT2D eigenvalue weighted by molar-refractivity contribution is 4.87. The first-order chi connectivity index (χ1) is 8.42. The monoisotopic (exact) mass is 237 g/mol. The highest BCUT2D eigenvalue weighted by Crippen LogP contribution is 2.19. The van der Waals surface area contributed by atoms with Crippen molar-refractivity contribution in [2.45, 2.75) is 57.3 Å². The van der Waals surface area contributed by atoms with Crippen LogP contribution in [-0.2, 0) is 17.8 Å². The van der Waals surface area contributed by atoms with Crippen molar-refractivity contribution in [2.75, 3.05) is 6.61 Å². The predicted octanol–water partition coefficient (Wildman–Crippen LogP) is 0.494. The Balaban J connectivity index is 1.48. The third-order valence-electron chi connectivity index (χ3n) is 3.42. The summed E-state index contributed by atoms with van der Waals surface area (Å²) in [5, 5.41) is 15.3. The van der Waals surface area contributed by atoms with Crippen molar-refractivity contribution in [3.63, 3.8) is 0 Å². The lowest BCUT2D eigenvalue weighted by atomic mass is 10.2. The molecular weight excluding hydrogens is 218 g/mol. The molecule has 0 aromatic carbocycles. The van der Waals surface area contributed by atoms with Crippen LogP contribution in [0.2, 0.25) is 0 Å². The van der Waals surface area contributed by atoms with Crippen LogP contribution in [0.4, 0.5) is 0 Å². The van der Waals surface area contributed by atoms with Crippen LogP contribution in [0.25, 0.3) is 0 Å². The maximum absolute atomic E-state index is 5.60. The first-order valence-electron chi connectivity index (χ1n) is 6.52. The molecule has 1 saturated carbocycles. The SMILES string of the molecule is C1COC(CCn2nnnc2CNC2CC2)C1. The van der Waals surface area contributed by atoms with Crippen molar-refractivity contribution in [1.82, 2.24) is 25.5 Å². The molecule has 1 N–H and O–H groups in total. The fraction of sp³-hybridized carbons (Fsp3) is 0.909. The van der Waals surface area contributed by atoms with Crippen LogP contribution in [-0.4, -0.2) is 39.0 Å². The summed E-state index contributed by atoms with van der Waals surface area (Å²) in [5.74, 6) is 0.940. The number of aryl methyl sites for hydroxylation is 1. The lowest BCUT2D eigenvalue weighted by molar-refractivity contribution is 0.0990. The molecule has 94 valence electrons. The number of hydrogen-bond donors (Lipinski definition) is 1. The van der Waals surface area contributed by atoms with Crippen molar-refractivity contribution < 1.29 is 4.74 Å². The molecule has 0 bridgehead atoms. The van der Waals surface area contributed by atoms with E-state index in [4.69, 9.17) is 4.74 Å². The van der Waals surface area contributed by atoms with E-state index in [-0.39, 0.29) is 0 Å². The van der Waals surface area contributed by atoms with Gasteiger partial charge in [0.1, 0.15) is 0 Å². The van der Waals surface area contributed by atoms with E-state index in [9.17, 15) is 0 Å². The second-order valence-corrected chi connectivity index (χ2v) is 4.90. The van der Waals surface area contributed by atoms with Crippen molar-refractivity contribution in [3.8, 4) is 0 Å². The Morgan fingerprint density at radius 2 is 2.29 bits per heavy atom. The summed E-state index contributed by atoms with van der Waals surface area (Å²) in [4.78, 5) is 0. The number of nitrogens with zero attached hydrogens (tertiary/aromatic N) is 4. The second-order valence-electron chi connectivity index (χ2n) is 4.90. The fourth-order valence-corrected chi connectivity index (χ4v) is 2.18. The number of rotatable bonds is 6. The van der Waals surface area contributed by atoms with Gasteiger partial charge >= 0.3 is 0 Å². The molecule has 0 spiro atoms. The molecule has 2 aliphatic rings. The Morgan fingerprint density at radius 3 is 3.06 bits per heavy atom. The fourth-order valence-electron chi connectivity index (χ4n) is 2.18. The second kappa shape index (κ2) is 5.10. The zero-order valence-corrected chi connectivity index (χ0v) is 10.0. The largest absolute Gasteiger partial charge is 0.378 e. The van der Waals surface area contributed by atoms with Gasteiger partial charge in [-0.05, 0) is 42.5 Å². The average Bonchev–Trinajstić information content (AvgIpc) is 2.86. The summed E-state index contributed by atoms with van der Waals surface area (Å²) < 4.78 is 7.50. The van der Waals surface area contributed by atoms with Gasteiger partial charge in [-0.2, -0.15) is 0 Å². The van der Waals surface area contributed by atoms with Gasteiger partial charge in [-0.1, -0.05) is 0 Å². The Labute approximate surface area is 101 Å². The van der Waals surface area contributed by atoms with E-state index in [0.29, 0.717) is 12.1 Å². The minimum Gasteiger partial charge on any atom is -0.378 e. The number of aromatic nitrogens is 4. The van der Waals surface area contributed by atoms with Gasteiger partial charge in [0.05, 0.1) is 12.6 Å². The summed E-state index contributed by atoms with van der Waals surface area (Å²) in [6.07, 6.45) is 6.37. The summed E-state index contributed by atoms with van der Waals surface area (Å²) >= 11 is 0. The van der Waals surface area contributed by atoms with Gasteiger partial charge in [-0.15, -0.1) is 5.10 Å². The van der Waals surface area contributed by atoms with Gasteiger partial charge < -0.3 is 10.1 Å².